The number of benzene rings is 1. The minimum atomic E-state index is -3.87. The molecule has 0 aliphatic heterocycles. The van der Waals surface area contributed by atoms with Gasteiger partial charge in [0.15, 0.2) is 5.78 Å². The first-order valence-corrected chi connectivity index (χ1v) is 12.6. The van der Waals surface area contributed by atoms with Crippen molar-refractivity contribution in [2.75, 3.05) is 5.75 Å². The van der Waals surface area contributed by atoms with Crippen molar-refractivity contribution in [2.45, 2.75) is 74.9 Å². The highest BCUT2D eigenvalue weighted by molar-refractivity contribution is 7.92. The number of aryl methyl sites for hydroxylation is 1. The zero-order valence-corrected chi connectivity index (χ0v) is 18.1. The summed E-state index contributed by atoms with van der Waals surface area (Å²) >= 11 is 0. The van der Waals surface area contributed by atoms with Crippen LogP contribution in [0.5, 0.6) is 0 Å². The van der Waals surface area contributed by atoms with Crippen molar-refractivity contribution >= 4 is 15.6 Å². The fourth-order valence-corrected chi connectivity index (χ4v) is 6.08. The second kappa shape index (κ2) is 7.06. The van der Waals surface area contributed by atoms with Gasteiger partial charge in [0.25, 0.3) is 0 Å². The first-order valence-electron chi connectivity index (χ1n) is 11.0. The Morgan fingerprint density at radius 1 is 1.27 bits per heavy atom. The first kappa shape index (κ1) is 20.0. The predicted molar refractivity (Wildman–Crippen MR) is 112 cm³/mol. The van der Waals surface area contributed by atoms with E-state index in [0.29, 0.717) is 30.2 Å². The van der Waals surface area contributed by atoms with Crippen LogP contribution in [0.4, 0.5) is 0 Å². The summed E-state index contributed by atoms with van der Waals surface area (Å²) in [6.07, 6.45) is 8.21. The van der Waals surface area contributed by atoms with Crippen molar-refractivity contribution in [3.05, 3.63) is 52.3 Å². The van der Waals surface area contributed by atoms with Gasteiger partial charge in [-0.15, -0.1) is 0 Å². The van der Waals surface area contributed by atoms with Gasteiger partial charge in [-0.25, -0.2) is 8.42 Å². The summed E-state index contributed by atoms with van der Waals surface area (Å²) in [4.78, 5) is 12.9. The van der Waals surface area contributed by atoms with Crippen LogP contribution >= 0.6 is 0 Å². The Labute approximate surface area is 177 Å². The Bertz CT molecular complexity index is 1100. The number of ketones is 1. The van der Waals surface area contributed by atoms with Crippen LogP contribution in [0.15, 0.2) is 34.0 Å². The molecule has 1 N–H and O–H groups in total. The average Bonchev–Trinajstić information content (AvgIpc) is 3.56. The Kier molecular flexibility index (Phi) is 4.71. The number of rotatable bonds is 8. The number of aliphatic hydroxyl groups is 1. The van der Waals surface area contributed by atoms with E-state index in [9.17, 15) is 18.3 Å². The maximum absolute atomic E-state index is 12.9. The first-order chi connectivity index (χ1) is 14.3. The highest BCUT2D eigenvalue weighted by Crippen LogP contribution is 2.46. The molecule has 0 bridgehead atoms. The number of carbonyl (C=O) groups is 1. The second-order valence-corrected chi connectivity index (χ2v) is 11.3. The lowest BCUT2D eigenvalue weighted by molar-refractivity contribution is -0.116. The molecule has 1 heterocycles. The smallest absolute Gasteiger partial charge is 0.218 e. The van der Waals surface area contributed by atoms with E-state index in [-0.39, 0.29) is 17.3 Å². The molecule has 0 radical (unpaired) electrons. The van der Waals surface area contributed by atoms with Crippen molar-refractivity contribution in [1.29, 1.82) is 0 Å². The molecule has 3 aliphatic rings. The number of sulfone groups is 1. The molecule has 1 atom stereocenters. The molecular weight excluding hydrogens is 400 g/mol. The fourth-order valence-electron chi connectivity index (χ4n) is 4.91. The monoisotopic (exact) mass is 428 g/mol. The van der Waals surface area contributed by atoms with Gasteiger partial charge >= 0.3 is 0 Å². The largest absolute Gasteiger partial charge is 0.453 e. The highest BCUT2D eigenvalue weighted by Gasteiger charge is 2.44. The summed E-state index contributed by atoms with van der Waals surface area (Å²) in [7, 11) is -3.87. The average molecular weight is 429 g/mol. The Balaban J connectivity index is 1.37. The van der Waals surface area contributed by atoms with Crippen molar-refractivity contribution in [1.82, 2.24) is 0 Å². The number of hydrogen-bond acceptors (Lipinski definition) is 5. The zero-order chi connectivity index (χ0) is 21.1. The summed E-state index contributed by atoms with van der Waals surface area (Å²) in [5.74, 6) is 0.209. The number of Topliss-reactive ketones (excluding diaryl/α,β-unsaturated/α-hetero) is 1. The van der Waals surface area contributed by atoms with Crippen molar-refractivity contribution in [3.63, 3.8) is 0 Å². The Hall–Kier alpha value is -1.92. The van der Waals surface area contributed by atoms with Gasteiger partial charge in [0, 0.05) is 18.1 Å². The number of hydrogen-bond donors (Lipinski definition) is 1. The summed E-state index contributed by atoms with van der Waals surface area (Å²) < 4.78 is 30.8. The van der Waals surface area contributed by atoms with E-state index >= 15 is 0 Å². The van der Waals surface area contributed by atoms with E-state index in [1.54, 1.807) is 0 Å². The van der Waals surface area contributed by atoms with Gasteiger partial charge in [-0.05, 0) is 79.0 Å². The van der Waals surface area contributed by atoms with E-state index in [0.717, 1.165) is 24.8 Å². The summed E-state index contributed by atoms with van der Waals surface area (Å²) in [5.41, 5.74) is 4.38. The quantitative estimate of drug-likeness (QED) is 0.690. The van der Waals surface area contributed by atoms with E-state index in [1.807, 2.05) is 0 Å². The third-order valence-electron chi connectivity index (χ3n) is 7.12. The second-order valence-electron chi connectivity index (χ2n) is 9.41. The molecule has 0 saturated heterocycles. The lowest BCUT2D eigenvalue weighted by atomic mass is 9.86. The topological polar surface area (TPSA) is 84.6 Å². The van der Waals surface area contributed by atoms with Gasteiger partial charge in [-0.3, -0.25) is 4.79 Å². The van der Waals surface area contributed by atoms with E-state index in [2.05, 4.69) is 19.1 Å². The molecule has 30 heavy (non-hydrogen) atoms. The van der Waals surface area contributed by atoms with Crippen LogP contribution in [-0.4, -0.2) is 25.1 Å². The third kappa shape index (κ3) is 3.65. The molecule has 5 nitrogen and oxygen atoms in total. The Morgan fingerprint density at radius 3 is 2.73 bits per heavy atom. The summed E-state index contributed by atoms with van der Waals surface area (Å²) in [6.45, 7) is 2.23. The van der Waals surface area contributed by atoms with Crippen LogP contribution in [0.3, 0.4) is 0 Å². The molecule has 2 saturated carbocycles. The van der Waals surface area contributed by atoms with Gasteiger partial charge < -0.3 is 9.52 Å². The summed E-state index contributed by atoms with van der Waals surface area (Å²) in [6, 6.07) is 5.74. The third-order valence-corrected chi connectivity index (χ3v) is 8.65. The standard InChI is InChI=1S/C24H28O5S/c1-15(16-5-6-16)20-8-7-17-3-2-4-21(17)22(20)12-19(25)14-30(27,28)23-11-18(13-29-23)24(26)9-10-24/h7-8,11,13,15-16,26H,2-6,9-10,12,14H2,1H3/t15-/m0/s1. The van der Waals surface area contributed by atoms with Gasteiger partial charge in [-0.2, -0.15) is 0 Å². The van der Waals surface area contributed by atoms with Crippen LogP contribution < -0.4 is 0 Å². The fraction of sp³-hybridized carbons (Fsp3) is 0.542. The molecule has 1 aromatic heterocycles. The summed E-state index contributed by atoms with van der Waals surface area (Å²) in [5, 5.41) is 9.93. The van der Waals surface area contributed by atoms with Crippen LogP contribution in [-0.2, 0) is 39.5 Å². The SMILES string of the molecule is C[C@H](c1ccc2c(c1CC(=O)CS(=O)(=O)c1cc(C3(O)CC3)co1)CCC2)C1CC1. The molecule has 160 valence electrons. The van der Waals surface area contributed by atoms with E-state index in [4.69, 9.17) is 4.42 Å². The maximum atomic E-state index is 12.9. The van der Waals surface area contributed by atoms with Crippen LogP contribution in [0.25, 0.3) is 0 Å². The minimum Gasteiger partial charge on any atom is -0.453 e. The van der Waals surface area contributed by atoms with Crippen molar-refractivity contribution in [2.24, 2.45) is 5.92 Å². The molecule has 1 aromatic carbocycles. The van der Waals surface area contributed by atoms with Crippen molar-refractivity contribution < 1.29 is 22.7 Å². The molecule has 3 aliphatic carbocycles. The van der Waals surface area contributed by atoms with Crippen LogP contribution in [0, 0.1) is 5.92 Å². The molecular formula is C24H28O5S. The van der Waals surface area contributed by atoms with E-state index < -0.39 is 21.2 Å². The lowest BCUT2D eigenvalue weighted by Gasteiger charge is -2.19. The van der Waals surface area contributed by atoms with Gasteiger partial charge in [0.05, 0.1) is 11.9 Å². The zero-order valence-electron chi connectivity index (χ0n) is 17.3. The normalized spacial score (nSPS) is 20.7. The van der Waals surface area contributed by atoms with Crippen molar-refractivity contribution in [3.8, 4) is 0 Å². The van der Waals surface area contributed by atoms with Crippen LogP contribution in [0.2, 0.25) is 0 Å². The van der Waals surface area contributed by atoms with Crippen LogP contribution in [0.1, 0.15) is 72.8 Å². The molecule has 5 rings (SSSR count). The number of fused-ring (bicyclic) bond motifs is 1. The molecule has 2 aromatic rings. The van der Waals surface area contributed by atoms with Gasteiger partial charge in [0.1, 0.15) is 5.75 Å². The van der Waals surface area contributed by atoms with Gasteiger partial charge in [0.2, 0.25) is 14.9 Å². The molecule has 0 unspecified atom stereocenters. The number of carbonyl (C=O) groups excluding carboxylic acids is 1. The molecule has 0 spiro atoms. The molecule has 6 heteroatoms. The van der Waals surface area contributed by atoms with E-state index in [1.165, 1.54) is 41.9 Å². The Morgan fingerprint density at radius 2 is 2.03 bits per heavy atom. The highest BCUT2D eigenvalue weighted by atomic mass is 32.2. The predicted octanol–water partition coefficient (Wildman–Crippen LogP) is 3.85. The van der Waals surface area contributed by atoms with Gasteiger partial charge in [-0.1, -0.05) is 19.1 Å². The molecule has 2 fully saturated rings. The number of furan rings is 1. The molecule has 0 amide bonds. The minimum absolute atomic E-state index is 0.159. The maximum Gasteiger partial charge on any atom is 0.218 e. The lowest BCUT2D eigenvalue weighted by Crippen LogP contribution is -2.20.